The van der Waals surface area contributed by atoms with E-state index in [2.05, 4.69) is 5.32 Å². The Hall–Kier alpha value is -3.93. The molecule has 0 bridgehead atoms. The topological polar surface area (TPSA) is 69.9 Å². The molecule has 158 valence electrons. The van der Waals surface area contributed by atoms with E-state index >= 15 is 0 Å². The summed E-state index contributed by atoms with van der Waals surface area (Å²) in [6.07, 6.45) is 0. The first kappa shape index (κ1) is 20.3. The van der Waals surface area contributed by atoms with Crippen LogP contribution in [0.5, 0.6) is 17.2 Å². The fraction of sp³-hybridized carbons (Fsp3) is 0.160. The predicted molar refractivity (Wildman–Crippen MR) is 118 cm³/mol. The van der Waals surface area contributed by atoms with Crippen molar-refractivity contribution in [2.45, 2.75) is 13.2 Å². The number of nitrogens with one attached hydrogen (secondary N) is 1. The number of hydrogen-bond acceptors (Lipinski definition) is 5. The molecule has 31 heavy (non-hydrogen) atoms. The molecule has 1 heterocycles. The molecule has 0 unspecified atom stereocenters. The van der Waals surface area contributed by atoms with E-state index in [1.807, 2.05) is 60.7 Å². The van der Waals surface area contributed by atoms with Crippen molar-refractivity contribution in [2.75, 3.05) is 14.2 Å². The zero-order chi connectivity index (χ0) is 21.6. The molecule has 1 N–H and O–H groups in total. The van der Waals surface area contributed by atoms with Crippen LogP contribution in [0.4, 0.5) is 0 Å². The third kappa shape index (κ3) is 4.48. The summed E-state index contributed by atoms with van der Waals surface area (Å²) in [5.41, 5.74) is 0.917. The normalized spacial score (nSPS) is 10.6. The van der Waals surface area contributed by atoms with Crippen LogP contribution in [-0.2, 0) is 13.2 Å². The summed E-state index contributed by atoms with van der Waals surface area (Å²) < 4.78 is 22.2. The second kappa shape index (κ2) is 9.26. The molecule has 1 aromatic heterocycles. The third-order valence-corrected chi connectivity index (χ3v) is 4.97. The molecule has 6 nitrogen and oxygen atoms in total. The van der Waals surface area contributed by atoms with Crippen molar-refractivity contribution in [3.8, 4) is 17.2 Å². The summed E-state index contributed by atoms with van der Waals surface area (Å²) in [6, 6.07) is 22.6. The largest absolute Gasteiger partial charge is 0.496 e. The molecule has 3 aromatic carbocycles. The van der Waals surface area contributed by atoms with Crippen LogP contribution in [0.2, 0.25) is 0 Å². The summed E-state index contributed by atoms with van der Waals surface area (Å²) in [5.74, 6) is 2.42. The van der Waals surface area contributed by atoms with Gasteiger partial charge in [-0.1, -0.05) is 42.5 Å². The number of furan rings is 1. The van der Waals surface area contributed by atoms with Crippen LogP contribution in [0.25, 0.3) is 10.8 Å². The number of rotatable bonds is 8. The molecule has 0 radical (unpaired) electrons. The fourth-order valence-corrected chi connectivity index (χ4v) is 3.41. The Morgan fingerprint density at radius 1 is 0.839 bits per heavy atom. The smallest absolute Gasteiger partial charge is 0.287 e. The van der Waals surface area contributed by atoms with Crippen LogP contribution in [0.3, 0.4) is 0 Å². The second-order valence-corrected chi connectivity index (χ2v) is 6.86. The Kier molecular flexibility index (Phi) is 6.08. The van der Waals surface area contributed by atoms with Gasteiger partial charge in [0, 0.05) is 12.1 Å². The lowest BCUT2D eigenvalue weighted by atomic mass is 10.0. The zero-order valence-electron chi connectivity index (χ0n) is 17.4. The van der Waals surface area contributed by atoms with E-state index in [1.165, 1.54) is 0 Å². The number of amides is 1. The lowest BCUT2D eigenvalue weighted by Crippen LogP contribution is -2.22. The Morgan fingerprint density at radius 2 is 1.58 bits per heavy atom. The van der Waals surface area contributed by atoms with Gasteiger partial charge in [-0.05, 0) is 41.1 Å². The van der Waals surface area contributed by atoms with Crippen LogP contribution in [-0.4, -0.2) is 20.1 Å². The highest BCUT2D eigenvalue weighted by Gasteiger charge is 2.14. The molecule has 4 aromatic rings. The first-order valence-electron chi connectivity index (χ1n) is 9.87. The molecule has 0 atom stereocenters. The van der Waals surface area contributed by atoms with Crippen molar-refractivity contribution in [3.05, 3.63) is 89.9 Å². The van der Waals surface area contributed by atoms with Crippen molar-refractivity contribution in [2.24, 2.45) is 0 Å². The van der Waals surface area contributed by atoms with E-state index in [4.69, 9.17) is 18.6 Å². The molecule has 0 spiro atoms. The van der Waals surface area contributed by atoms with Gasteiger partial charge in [0.25, 0.3) is 5.91 Å². The van der Waals surface area contributed by atoms with Crippen LogP contribution in [0, 0.1) is 0 Å². The number of fused-ring (bicyclic) bond motifs is 1. The van der Waals surface area contributed by atoms with E-state index in [9.17, 15) is 4.79 Å². The molecule has 0 saturated carbocycles. The van der Waals surface area contributed by atoms with E-state index in [1.54, 1.807) is 26.4 Å². The summed E-state index contributed by atoms with van der Waals surface area (Å²) in [5, 5.41) is 5.03. The molecular formula is C25H23NO5. The minimum Gasteiger partial charge on any atom is -0.496 e. The summed E-state index contributed by atoms with van der Waals surface area (Å²) in [6.45, 7) is 0.502. The molecule has 1 amide bonds. The highest BCUT2D eigenvalue weighted by Crippen LogP contribution is 2.28. The Morgan fingerprint density at radius 3 is 2.39 bits per heavy atom. The highest BCUT2D eigenvalue weighted by atomic mass is 16.5. The molecule has 6 heteroatoms. The highest BCUT2D eigenvalue weighted by molar-refractivity contribution is 5.92. The number of ether oxygens (including phenoxy) is 3. The van der Waals surface area contributed by atoms with Crippen LogP contribution in [0.15, 0.2) is 77.2 Å². The molecule has 0 aliphatic carbocycles. The monoisotopic (exact) mass is 417 g/mol. The van der Waals surface area contributed by atoms with Crippen molar-refractivity contribution in [1.82, 2.24) is 5.32 Å². The summed E-state index contributed by atoms with van der Waals surface area (Å²) in [4.78, 5) is 12.6. The van der Waals surface area contributed by atoms with Gasteiger partial charge in [0.05, 0.1) is 14.2 Å². The SMILES string of the molecule is COc1ccccc1OCc1ccc(C(=O)NCc2c(OC)ccc3ccccc23)o1. The molecule has 0 aliphatic heterocycles. The van der Waals surface area contributed by atoms with E-state index < -0.39 is 0 Å². The molecule has 0 aliphatic rings. The predicted octanol–water partition coefficient (Wildman–Crippen LogP) is 4.96. The maximum absolute atomic E-state index is 12.6. The first-order valence-corrected chi connectivity index (χ1v) is 9.87. The Balaban J connectivity index is 1.42. The van der Waals surface area contributed by atoms with Gasteiger partial charge in [0.15, 0.2) is 17.3 Å². The maximum Gasteiger partial charge on any atom is 0.287 e. The Bertz CT molecular complexity index is 1200. The summed E-state index contributed by atoms with van der Waals surface area (Å²) in [7, 11) is 3.21. The van der Waals surface area contributed by atoms with E-state index in [0.29, 0.717) is 23.8 Å². The lowest BCUT2D eigenvalue weighted by molar-refractivity contribution is 0.0919. The standard InChI is InChI=1S/C25H23NO5/c1-28-21-13-11-17-7-3-4-8-19(17)20(21)15-26-25(27)24-14-12-18(31-24)16-30-23-10-6-5-9-22(23)29-2/h3-14H,15-16H2,1-2H3,(H,26,27). The van der Waals surface area contributed by atoms with Gasteiger partial charge in [-0.25, -0.2) is 0 Å². The molecular weight excluding hydrogens is 394 g/mol. The maximum atomic E-state index is 12.6. The molecule has 4 rings (SSSR count). The molecule has 0 saturated heterocycles. The number of carbonyl (C=O) groups is 1. The number of benzene rings is 3. The van der Waals surface area contributed by atoms with Crippen molar-refractivity contribution in [1.29, 1.82) is 0 Å². The lowest BCUT2D eigenvalue weighted by Gasteiger charge is -2.12. The number of carbonyl (C=O) groups excluding carboxylic acids is 1. The van der Waals surface area contributed by atoms with Crippen molar-refractivity contribution >= 4 is 16.7 Å². The average molecular weight is 417 g/mol. The van der Waals surface area contributed by atoms with Crippen LogP contribution >= 0.6 is 0 Å². The van der Waals surface area contributed by atoms with E-state index in [0.717, 1.165) is 22.1 Å². The van der Waals surface area contributed by atoms with Gasteiger partial charge >= 0.3 is 0 Å². The molecule has 0 fully saturated rings. The Labute approximate surface area is 180 Å². The van der Waals surface area contributed by atoms with Crippen LogP contribution < -0.4 is 19.5 Å². The van der Waals surface area contributed by atoms with Gasteiger partial charge in [-0.3, -0.25) is 4.79 Å². The van der Waals surface area contributed by atoms with Crippen molar-refractivity contribution in [3.63, 3.8) is 0 Å². The third-order valence-electron chi connectivity index (χ3n) is 4.97. The number of hydrogen-bond donors (Lipinski definition) is 1. The van der Waals surface area contributed by atoms with Gasteiger partial charge in [-0.2, -0.15) is 0 Å². The summed E-state index contributed by atoms with van der Waals surface area (Å²) >= 11 is 0. The van der Waals surface area contributed by atoms with Gasteiger partial charge < -0.3 is 23.9 Å². The number of para-hydroxylation sites is 2. The number of methoxy groups -OCH3 is 2. The second-order valence-electron chi connectivity index (χ2n) is 6.86. The van der Waals surface area contributed by atoms with Gasteiger partial charge in [0.2, 0.25) is 0 Å². The fourth-order valence-electron chi connectivity index (χ4n) is 3.41. The average Bonchev–Trinajstić information content (AvgIpc) is 3.30. The van der Waals surface area contributed by atoms with Crippen LogP contribution in [0.1, 0.15) is 21.9 Å². The van der Waals surface area contributed by atoms with Gasteiger partial charge in [0.1, 0.15) is 18.1 Å². The zero-order valence-corrected chi connectivity index (χ0v) is 17.4. The van der Waals surface area contributed by atoms with Crippen molar-refractivity contribution < 1.29 is 23.4 Å². The van der Waals surface area contributed by atoms with E-state index in [-0.39, 0.29) is 18.3 Å². The first-order chi connectivity index (χ1) is 15.2. The minimum absolute atomic E-state index is 0.185. The quantitative estimate of drug-likeness (QED) is 0.439. The van der Waals surface area contributed by atoms with Gasteiger partial charge in [-0.15, -0.1) is 0 Å². The minimum atomic E-state index is -0.307.